The topological polar surface area (TPSA) is 88.3 Å². The van der Waals surface area contributed by atoms with E-state index in [2.05, 4.69) is 15.0 Å². The predicted molar refractivity (Wildman–Crippen MR) is 124 cm³/mol. The molecule has 4 heterocycles. The number of hydrogen-bond donors (Lipinski definition) is 1. The van der Waals surface area contributed by atoms with E-state index in [0.29, 0.717) is 33.8 Å². The largest absolute Gasteiger partial charge is 0.351 e. The first kappa shape index (κ1) is 20.6. The zero-order chi connectivity index (χ0) is 23.3. The Morgan fingerprint density at radius 1 is 1.18 bits per heavy atom. The molecule has 166 valence electrons. The van der Waals surface area contributed by atoms with Crippen LogP contribution < -0.4 is 10.5 Å². The van der Waals surface area contributed by atoms with Crippen LogP contribution >= 0.6 is 0 Å². The maximum absolute atomic E-state index is 14.4. The summed E-state index contributed by atoms with van der Waals surface area (Å²) in [5, 5.41) is 0.612. The van der Waals surface area contributed by atoms with Crippen LogP contribution in [-0.4, -0.2) is 36.8 Å². The number of carbonyl (C=O) groups is 1. The molecule has 5 aromatic rings. The van der Waals surface area contributed by atoms with Gasteiger partial charge in [-0.05, 0) is 32.0 Å². The predicted octanol–water partition coefficient (Wildman–Crippen LogP) is 3.90. The number of benzene rings is 1. The molecule has 8 nitrogen and oxygen atoms in total. The SMILES string of the molecule is CC(=O)c1c[nH]c2ncnc(N(C)[C@@H](C)c3cn4ccc(F)c4c(=O)n3-c3ccccc3)c12. The molecule has 0 spiro atoms. The molecule has 33 heavy (non-hydrogen) atoms. The van der Waals surface area contributed by atoms with Gasteiger partial charge in [-0.15, -0.1) is 0 Å². The summed E-state index contributed by atoms with van der Waals surface area (Å²) in [4.78, 5) is 39.2. The standard InChI is InChI=1S/C24H21FN6O2/c1-14(29(3)23-20-17(15(2)32)11-26-22(20)27-13-28-23)19-12-30-10-9-18(25)21(30)24(33)31(19)16-7-5-4-6-8-16/h4-14H,1-3H3,(H,26,27,28)/t14-/m0/s1. The molecule has 4 aromatic heterocycles. The van der Waals surface area contributed by atoms with Gasteiger partial charge in [-0.2, -0.15) is 0 Å². The van der Waals surface area contributed by atoms with Crippen LogP contribution in [0.3, 0.4) is 0 Å². The Morgan fingerprint density at radius 3 is 2.67 bits per heavy atom. The molecule has 5 rings (SSSR count). The molecule has 1 atom stereocenters. The number of nitrogens with zero attached hydrogens (tertiary/aromatic N) is 5. The Labute approximate surface area is 187 Å². The number of fused-ring (bicyclic) bond motifs is 2. The molecule has 0 amide bonds. The number of hydrogen-bond acceptors (Lipinski definition) is 5. The summed E-state index contributed by atoms with van der Waals surface area (Å²) < 4.78 is 17.4. The molecule has 1 aromatic carbocycles. The van der Waals surface area contributed by atoms with E-state index in [-0.39, 0.29) is 17.3 Å². The van der Waals surface area contributed by atoms with Crippen molar-refractivity contribution in [3.8, 4) is 5.69 Å². The van der Waals surface area contributed by atoms with E-state index in [1.807, 2.05) is 37.1 Å². The number of carbonyl (C=O) groups excluding carboxylic acids is 1. The molecule has 9 heteroatoms. The van der Waals surface area contributed by atoms with Crippen LogP contribution in [0.1, 0.15) is 35.9 Å². The fraction of sp³-hybridized carbons (Fsp3) is 0.167. The quantitative estimate of drug-likeness (QED) is 0.416. The van der Waals surface area contributed by atoms with Gasteiger partial charge in [-0.25, -0.2) is 14.4 Å². The molecule has 0 bridgehead atoms. The zero-order valence-electron chi connectivity index (χ0n) is 18.3. The smallest absolute Gasteiger partial charge is 0.282 e. The van der Waals surface area contributed by atoms with Crippen LogP contribution in [0.25, 0.3) is 22.2 Å². The molecule has 0 unspecified atom stereocenters. The first-order chi connectivity index (χ1) is 15.9. The van der Waals surface area contributed by atoms with Crippen molar-refractivity contribution in [2.45, 2.75) is 19.9 Å². The van der Waals surface area contributed by atoms with E-state index in [0.717, 1.165) is 0 Å². The average Bonchev–Trinajstić information content (AvgIpc) is 3.42. The van der Waals surface area contributed by atoms with Gasteiger partial charge in [0.05, 0.1) is 17.1 Å². The Bertz CT molecular complexity index is 1570. The van der Waals surface area contributed by atoms with Crippen molar-refractivity contribution >= 4 is 28.2 Å². The van der Waals surface area contributed by atoms with Gasteiger partial charge in [-0.1, -0.05) is 18.2 Å². The van der Waals surface area contributed by atoms with Crippen LogP contribution in [0.5, 0.6) is 0 Å². The molecule has 0 fully saturated rings. The van der Waals surface area contributed by atoms with Gasteiger partial charge < -0.3 is 14.3 Å². The second-order valence-corrected chi connectivity index (χ2v) is 7.92. The van der Waals surface area contributed by atoms with Crippen molar-refractivity contribution in [1.82, 2.24) is 23.9 Å². The normalized spacial score (nSPS) is 12.4. The average molecular weight is 444 g/mol. The number of para-hydroxylation sites is 1. The van der Waals surface area contributed by atoms with Crippen LogP contribution in [0.15, 0.2) is 66.1 Å². The fourth-order valence-electron chi connectivity index (χ4n) is 4.18. The lowest BCUT2D eigenvalue weighted by molar-refractivity contribution is 0.101. The summed E-state index contributed by atoms with van der Waals surface area (Å²) in [7, 11) is 1.84. The minimum absolute atomic E-state index is 0.0219. The van der Waals surface area contributed by atoms with E-state index >= 15 is 0 Å². The molecule has 0 saturated carbocycles. The van der Waals surface area contributed by atoms with Crippen LogP contribution in [-0.2, 0) is 0 Å². The van der Waals surface area contributed by atoms with Crippen LogP contribution in [0.2, 0.25) is 0 Å². The Morgan fingerprint density at radius 2 is 1.94 bits per heavy atom. The van der Waals surface area contributed by atoms with Gasteiger partial charge in [-0.3, -0.25) is 14.2 Å². The highest BCUT2D eigenvalue weighted by Crippen LogP contribution is 2.32. The minimum Gasteiger partial charge on any atom is -0.351 e. The van der Waals surface area contributed by atoms with Gasteiger partial charge in [0.25, 0.3) is 5.56 Å². The fourth-order valence-corrected chi connectivity index (χ4v) is 4.18. The number of nitrogens with one attached hydrogen (secondary N) is 1. The van der Waals surface area contributed by atoms with Gasteiger partial charge in [0, 0.05) is 36.9 Å². The van der Waals surface area contributed by atoms with Crippen LogP contribution in [0, 0.1) is 5.82 Å². The number of rotatable bonds is 5. The van der Waals surface area contributed by atoms with Crippen molar-refractivity contribution in [3.63, 3.8) is 0 Å². The van der Waals surface area contributed by atoms with Crippen molar-refractivity contribution in [2.24, 2.45) is 0 Å². The third-order valence-corrected chi connectivity index (χ3v) is 5.99. The number of halogens is 1. The summed E-state index contributed by atoms with van der Waals surface area (Å²) in [6.45, 7) is 3.42. The van der Waals surface area contributed by atoms with Crippen LogP contribution in [0.4, 0.5) is 10.2 Å². The molecular weight excluding hydrogens is 423 g/mol. The van der Waals surface area contributed by atoms with Gasteiger partial charge in [0.1, 0.15) is 23.3 Å². The summed E-state index contributed by atoms with van der Waals surface area (Å²) in [6, 6.07) is 10.0. The molecule has 0 radical (unpaired) electrons. The highest BCUT2D eigenvalue weighted by molar-refractivity contribution is 6.09. The number of aromatic amines is 1. The molecule has 0 aliphatic carbocycles. The van der Waals surface area contributed by atoms with Crippen molar-refractivity contribution < 1.29 is 9.18 Å². The number of aromatic nitrogens is 5. The van der Waals surface area contributed by atoms with Crippen molar-refractivity contribution in [3.05, 3.63) is 88.7 Å². The van der Waals surface area contributed by atoms with E-state index in [1.54, 1.807) is 24.5 Å². The van der Waals surface area contributed by atoms with E-state index in [1.165, 1.54) is 34.5 Å². The molecule has 0 saturated heterocycles. The Hall–Kier alpha value is -4.27. The zero-order valence-corrected chi connectivity index (χ0v) is 18.3. The molecule has 0 aliphatic rings. The van der Waals surface area contributed by atoms with E-state index in [9.17, 15) is 14.0 Å². The molecular formula is C24H21FN6O2. The Kier molecular flexibility index (Phi) is 4.81. The monoisotopic (exact) mass is 444 g/mol. The number of ketones is 1. The maximum Gasteiger partial charge on any atom is 0.282 e. The summed E-state index contributed by atoms with van der Waals surface area (Å²) >= 11 is 0. The van der Waals surface area contributed by atoms with Crippen molar-refractivity contribution in [1.29, 1.82) is 0 Å². The van der Waals surface area contributed by atoms with Crippen molar-refractivity contribution in [2.75, 3.05) is 11.9 Å². The lowest BCUT2D eigenvalue weighted by Crippen LogP contribution is -2.31. The summed E-state index contributed by atoms with van der Waals surface area (Å²) in [6.07, 6.45) is 6.32. The molecule has 0 aliphatic heterocycles. The number of anilines is 1. The highest BCUT2D eigenvalue weighted by Gasteiger charge is 2.25. The lowest BCUT2D eigenvalue weighted by Gasteiger charge is -2.29. The van der Waals surface area contributed by atoms with Gasteiger partial charge in [0.2, 0.25) is 0 Å². The minimum atomic E-state index is -0.576. The number of Topliss-reactive ketones (excluding diaryl/α,β-unsaturated/α-hetero) is 1. The van der Waals surface area contributed by atoms with Gasteiger partial charge >= 0.3 is 0 Å². The molecule has 1 N–H and O–H groups in total. The summed E-state index contributed by atoms with van der Waals surface area (Å²) in [5.74, 6) is -0.137. The Balaban J connectivity index is 1.74. The second-order valence-electron chi connectivity index (χ2n) is 7.92. The van der Waals surface area contributed by atoms with E-state index < -0.39 is 11.4 Å². The second kappa shape index (κ2) is 7.70. The van der Waals surface area contributed by atoms with E-state index in [4.69, 9.17) is 0 Å². The first-order valence-electron chi connectivity index (χ1n) is 10.4. The highest BCUT2D eigenvalue weighted by atomic mass is 19.1. The lowest BCUT2D eigenvalue weighted by atomic mass is 10.1. The third-order valence-electron chi connectivity index (χ3n) is 5.99. The maximum atomic E-state index is 14.4. The first-order valence-corrected chi connectivity index (χ1v) is 10.4. The van der Waals surface area contributed by atoms with Gasteiger partial charge in [0.15, 0.2) is 11.6 Å². The number of H-pyrrole nitrogens is 1. The third kappa shape index (κ3) is 3.20. The summed E-state index contributed by atoms with van der Waals surface area (Å²) in [5.41, 5.74) is 1.81.